The Morgan fingerprint density at radius 3 is 3.18 bits per heavy atom. The SMILES string of the molecule is NCc1ccc2c(c1)CC=N2. The molecule has 0 radical (unpaired) electrons. The maximum Gasteiger partial charge on any atom is 0.0661 e. The summed E-state index contributed by atoms with van der Waals surface area (Å²) in [6, 6.07) is 6.19. The van der Waals surface area contributed by atoms with Crippen molar-refractivity contribution in [1.29, 1.82) is 0 Å². The molecule has 0 aromatic heterocycles. The molecule has 1 aromatic carbocycles. The zero-order chi connectivity index (χ0) is 7.68. The van der Waals surface area contributed by atoms with Gasteiger partial charge in [-0.1, -0.05) is 12.1 Å². The maximum absolute atomic E-state index is 5.50. The summed E-state index contributed by atoms with van der Waals surface area (Å²) in [6.45, 7) is 0.618. The van der Waals surface area contributed by atoms with Crippen LogP contribution in [0.15, 0.2) is 23.2 Å². The summed E-state index contributed by atoms with van der Waals surface area (Å²) < 4.78 is 0. The highest BCUT2D eigenvalue weighted by Crippen LogP contribution is 2.24. The lowest BCUT2D eigenvalue weighted by Crippen LogP contribution is -1.96. The fourth-order valence-electron chi connectivity index (χ4n) is 1.30. The number of nitrogens with two attached hydrogens (primary N) is 1. The smallest absolute Gasteiger partial charge is 0.0661 e. The number of hydrogen-bond donors (Lipinski definition) is 1. The van der Waals surface area contributed by atoms with Gasteiger partial charge in [0.1, 0.15) is 0 Å². The molecule has 0 spiro atoms. The normalized spacial score (nSPS) is 13.5. The molecule has 0 saturated heterocycles. The molecule has 2 heteroatoms. The third-order valence-corrected chi connectivity index (χ3v) is 1.92. The Bertz CT molecular complexity index is 302. The fraction of sp³-hybridized carbons (Fsp3) is 0.222. The molecule has 1 aliphatic heterocycles. The summed E-state index contributed by atoms with van der Waals surface area (Å²) in [6.07, 6.45) is 2.90. The molecule has 2 nitrogen and oxygen atoms in total. The molecule has 2 N–H and O–H groups in total. The molecule has 56 valence electrons. The van der Waals surface area contributed by atoms with E-state index in [0.717, 1.165) is 12.1 Å². The summed E-state index contributed by atoms with van der Waals surface area (Å²) >= 11 is 0. The van der Waals surface area contributed by atoms with E-state index >= 15 is 0 Å². The first kappa shape index (κ1) is 6.55. The average Bonchev–Trinajstić information content (AvgIpc) is 2.50. The largest absolute Gasteiger partial charge is 0.326 e. The maximum atomic E-state index is 5.50. The first-order valence-corrected chi connectivity index (χ1v) is 3.74. The molecule has 0 unspecified atom stereocenters. The minimum absolute atomic E-state index is 0.618. The molecule has 0 amide bonds. The van der Waals surface area contributed by atoms with E-state index in [0.29, 0.717) is 6.54 Å². The van der Waals surface area contributed by atoms with Crippen molar-refractivity contribution in [3.05, 3.63) is 29.3 Å². The average molecular weight is 146 g/mol. The topological polar surface area (TPSA) is 38.4 Å². The highest BCUT2D eigenvalue weighted by molar-refractivity contribution is 5.75. The van der Waals surface area contributed by atoms with E-state index in [4.69, 9.17) is 5.73 Å². The molecule has 2 rings (SSSR count). The van der Waals surface area contributed by atoms with Gasteiger partial charge in [-0.05, 0) is 17.2 Å². The fourth-order valence-corrected chi connectivity index (χ4v) is 1.30. The number of benzene rings is 1. The van der Waals surface area contributed by atoms with Crippen molar-refractivity contribution in [2.24, 2.45) is 10.7 Å². The van der Waals surface area contributed by atoms with E-state index in [2.05, 4.69) is 11.1 Å². The molecule has 0 fully saturated rings. The van der Waals surface area contributed by atoms with Gasteiger partial charge in [0.2, 0.25) is 0 Å². The van der Waals surface area contributed by atoms with Gasteiger partial charge in [0.15, 0.2) is 0 Å². The Morgan fingerprint density at radius 1 is 1.45 bits per heavy atom. The highest BCUT2D eigenvalue weighted by Gasteiger charge is 2.05. The van der Waals surface area contributed by atoms with E-state index in [9.17, 15) is 0 Å². The van der Waals surface area contributed by atoms with Crippen LogP contribution < -0.4 is 5.73 Å². The van der Waals surface area contributed by atoms with Gasteiger partial charge in [0.05, 0.1) is 5.69 Å². The molecule has 0 saturated carbocycles. The van der Waals surface area contributed by atoms with E-state index in [1.807, 2.05) is 18.3 Å². The van der Waals surface area contributed by atoms with Gasteiger partial charge in [0, 0.05) is 19.2 Å². The summed E-state index contributed by atoms with van der Waals surface area (Å²) in [5.41, 5.74) is 9.09. The van der Waals surface area contributed by atoms with E-state index in [1.54, 1.807) is 0 Å². The summed E-state index contributed by atoms with van der Waals surface area (Å²) in [7, 11) is 0. The second-order valence-electron chi connectivity index (χ2n) is 2.68. The Balaban J connectivity index is 2.45. The monoisotopic (exact) mass is 146 g/mol. The van der Waals surface area contributed by atoms with Crippen LogP contribution in [0.2, 0.25) is 0 Å². The summed E-state index contributed by atoms with van der Waals surface area (Å²) in [4.78, 5) is 4.21. The van der Waals surface area contributed by atoms with Crippen LogP contribution in [0.1, 0.15) is 11.1 Å². The molecule has 1 aliphatic rings. The first-order chi connectivity index (χ1) is 5.40. The second-order valence-corrected chi connectivity index (χ2v) is 2.68. The van der Waals surface area contributed by atoms with Gasteiger partial charge in [0.25, 0.3) is 0 Å². The predicted octanol–water partition coefficient (Wildman–Crippen LogP) is 1.40. The van der Waals surface area contributed by atoms with Crippen LogP contribution in [0.5, 0.6) is 0 Å². The van der Waals surface area contributed by atoms with E-state index in [-0.39, 0.29) is 0 Å². The van der Waals surface area contributed by atoms with Gasteiger partial charge in [-0.3, -0.25) is 4.99 Å². The Kier molecular flexibility index (Phi) is 1.47. The Morgan fingerprint density at radius 2 is 2.36 bits per heavy atom. The Labute approximate surface area is 65.8 Å². The number of rotatable bonds is 1. The molecule has 11 heavy (non-hydrogen) atoms. The zero-order valence-corrected chi connectivity index (χ0v) is 6.25. The predicted molar refractivity (Wildman–Crippen MR) is 46.2 cm³/mol. The number of fused-ring (bicyclic) bond motifs is 1. The van der Waals surface area contributed by atoms with Crippen molar-refractivity contribution in [3.63, 3.8) is 0 Å². The molecule has 1 aromatic rings. The van der Waals surface area contributed by atoms with Crippen LogP contribution in [0, 0.1) is 0 Å². The molecular formula is C9H10N2. The summed E-state index contributed by atoms with van der Waals surface area (Å²) in [5.74, 6) is 0. The van der Waals surface area contributed by atoms with Crippen LogP contribution in [0.3, 0.4) is 0 Å². The zero-order valence-electron chi connectivity index (χ0n) is 6.25. The van der Waals surface area contributed by atoms with Gasteiger partial charge in [-0.2, -0.15) is 0 Å². The van der Waals surface area contributed by atoms with Gasteiger partial charge < -0.3 is 5.73 Å². The minimum atomic E-state index is 0.618. The molecule has 1 heterocycles. The highest BCUT2D eigenvalue weighted by atomic mass is 14.7. The van der Waals surface area contributed by atoms with E-state index in [1.165, 1.54) is 11.1 Å². The molecule has 0 aliphatic carbocycles. The van der Waals surface area contributed by atoms with Crippen molar-refractivity contribution < 1.29 is 0 Å². The Hall–Kier alpha value is -1.15. The third kappa shape index (κ3) is 1.05. The second kappa shape index (κ2) is 2.47. The van der Waals surface area contributed by atoms with Crippen molar-refractivity contribution >= 4 is 11.9 Å². The van der Waals surface area contributed by atoms with Crippen LogP contribution in [-0.4, -0.2) is 6.21 Å². The van der Waals surface area contributed by atoms with Crippen LogP contribution >= 0.6 is 0 Å². The van der Waals surface area contributed by atoms with Gasteiger partial charge in [-0.25, -0.2) is 0 Å². The van der Waals surface area contributed by atoms with Crippen LogP contribution in [0.25, 0.3) is 0 Å². The first-order valence-electron chi connectivity index (χ1n) is 3.74. The minimum Gasteiger partial charge on any atom is -0.326 e. The molecule has 0 atom stereocenters. The van der Waals surface area contributed by atoms with Crippen LogP contribution in [0.4, 0.5) is 5.69 Å². The molecule has 0 bridgehead atoms. The van der Waals surface area contributed by atoms with Crippen LogP contribution in [-0.2, 0) is 13.0 Å². The van der Waals surface area contributed by atoms with Crippen molar-refractivity contribution in [2.45, 2.75) is 13.0 Å². The lowest BCUT2D eigenvalue weighted by atomic mass is 10.1. The number of aliphatic imine (C=N–C) groups is 1. The number of nitrogens with zero attached hydrogens (tertiary/aromatic N) is 1. The lowest BCUT2D eigenvalue weighted by Gasteiger charge is -1.99. The molecular weight excluding hydrogens is 136 g/mol. The third-order valence-electron chi connectivity index (χ3n) is 1.92. The number of hydrogen-bond acceptors (Lipinski definition) is 2. The summed E-state index contributed by atoms with van der Waals surface area (Å²) in [5, 5.41) is 0. The van der Waals surface area contributed by atoms with Crippen molar-refractivity contribution in [1.82, 2.24) is 0 Å². The quantitative estimate of drug-likeness (QED) is 0.639. The van der Waals surface area contributed by atoms with Crippen molar-refractivity contribution in [2.75, 3.05) is 0 Å². The van der Waals surface area contributed by atoms with Gasteiger partial charge in [-0.15, -0.1) is 0 Å². The van der Waals surface area contributed by atoms with Gasteiger partial charge >= 0.3 is 0 Å². The van der Waals surface area contributed by atoms with E-state index < -0.39 is 0 Å². The van der Waals surface area contributed by atoms with Crippen molar-refractivity contribution in [3.8, 4) is 0 Å². The standard InChI is InChI=1S/C9H10N2/c10-6-7-1-2-9-8(5-7)3-4-11-9/h1-2,4-5H,3,6,10H2. The lowest BCUT2D eigenvalue weighted by molar-refractivity contribution is 1.07.